The highest BCUT2D eigenvalue weighted by Crippen LogP contribution is 2.25. The Kier molecular flexibility index (Phi) is 7.39. The molecular weight excluding hydrogens is 310 g/mol. The molecule has 1 aliphatic carbocycles. The van der Waals surface area contributed by atoms with E-state index in [4.69, 9.17) is 9.47 Å². The lowest BCUT2D eigenvalue weighted by Crippen LogP contribution is -2.33. The van der Waals surface area contributed by atoms with E-state index < -0.39 is 0 Å². The molecule has 0 spiro atoms. The largest absolute Gasteiger partial charge is 0.383 e. The maximum absolute atomic E-state index is 12.1. The van der Waals surface area contributed by atoms with Crippen molar-refractivity contribution in [3.63, 3.8) is 0 Å². The summed E-state index contributed by atoms with van der Waals surface area (Å²) in [7, 11) is 1.55. The second-order valence-corrected chi connectivity index (χ2v) is 6.20. The van der Waals surface area contributed by atoms with Crippen molar-refractivity contribution in [2.24, 2.45) is 5.92 Å². The SMILES string of the molecule is COCCn1nc(C(=O)NCCO[C@@H]2CCCC[C@@H]2C)ccc1=O. The van der Waals surface area contributed by atoms with E-state index >= 15 is 0 Å². The Morgan fingerprint density at radius 1 is 1.33 bits per heavy atom. The fourth-order valence-corrected chi connectivity index (χ4v) is 2.90. The third kappa shape index (κ3) is 5.42. The van der Waals surface area contributed by atoms with Gasteiger partial charge in [-0.1, -0.05) is 19.8 Å². The molecule has 2 rings (SSSR count). The smallest absolute Gasteiger partial charge is 0.271 e. The number of amides is 1. The van der Waals surface area contributed by atoms with Crippen molar-refractivity contribution in [3.05, 3.63) is 28.2 Å². The minimum absolute atomic E-state index is 0.219. The minimum atomic E-state index is -0.304. The lowest BCUT2D eigenvalue weighted by Gasteiger charge is -2.28. The molecule has 1 aliphatic rings. The van der Waals surface area contributed by atoms with Gasteiger partial charge in [0, 0.05) is 19.7 Å². The monoisotopic (exact) mass is 337 g/mol. The van der Waals surface area contributed by atoms with Crippen molar-refractivity contribution in [3.8, 4) is 0 Å². The Hall–Kier alpha value is -1.73. The Labute approximate surface area is 142 Å². The molecule has 0 unspecified atom stereocenters. The van der Waals surface area contributed by atoms with Gasteiger partial charge in [0.05, 0.1) is 25.9 Å². The topological polar surface area (TPSA) is 82.5 Å². The molecule has 0 saturated heterocycles. The van der Waals surface area contributed by atoms with Gasteiger partial charge in [0.15, 0.2) is 0 Å². The first-order valence-corrected chi connectivity index (χ1v) is 8.58. The molecule has 1 amide bonds. The van der Waals surface area contributed by atoms with E-state index in [1.165, 1.54) is 36.1 Å². The average molecular weight is 337 g/mol. The number of ether oxygens (including phenoxy) is 2. The molecule has 1 saturated carbocycles. The van der Waals surface area contributed by atoms with Crippen LogP contribution in [0, 0.1) is 5.92 Å². The Balaban J connectivity index is 1.78. The number of nitrogens with zero attached hydrogens (tertiary/aromatic N) is 2. The second kappa shape index (κ2) is 9.54. The van der Waals surface area contributed by atoms with Gasteiger partial charge in [0.2, 0.25) is 0 Å². The van der Waals surface area contributed by atoms with Gasteiger partial charge in [-0.3, -0.25) is 9.59 Å². The number of carbonyl (C=O) groups excluding carboxylic acids is 1. The van der Waals surface area contributed by atoms with E-state index in [1.807, 2.05) is 0 Å². The third-order valence-corrected chi connectivity index (χ3v) is 4.36. The van der Waals surface area contributed by atoms with Crippen LogP contribution in [-0.2, 0) is 16.0 Å². The van der Waals surface area contributed by atoms with E-state index in [1.54, 1.807) is 7.11 Å². The number of nitrogens with one attached hydrogen (secondary N) is 1. The first-order chi connectivity index (χ1) is 11.6. The molecular formula is C17H27N3O4. The predicted octanol–water partition coefficient (Wildman–Crippen LogP) is 1.21. The van der Waals surface area contributed by atoms with E-state index in [0.29, 0.717) is 38.3 Å². The van der Waals surface area contributed by atoms with Crippen molar-refractivity contribution >= 4 is 5.91 Å². The molecule has 24 heavy (non-hydrogen) atoms. The quantitative estimate of drug-likeness (QED) is 0.721. The summed E-state index contributed by atoms with van der Waals surface area (Å²) >= 11 is 0. The summed E-state index contributed by atoms with van der Waals surface area (Å²) in [5.74, 6) is 0.280. The molecule has 2 atom stereocenters. The Morgan fingerprint density at radius 2 is 2.12 bits per heavy atom. The molecule has 7 heteroatoms. The number of rotatable bonds is 8. The normalized spacial score (nSPS) is 20.8. The summed E-state index contributed by atoms with van der Waals surface area (Å²) in [4.78, 5) is 23.8. The van der Waals surface area contributed by atoms with E-state index in [2.05, 4.69) is 17.3 Å². The van der Waals surface area contributed by atoms with Crippen LogP contribution >= 0.6 is 0 Å². The summed E-state index contributed by atoms with van der Waals surface area (Å²) in [6.07, 6.45) is 5.10. The first kappa shape index (κ1) is 18.6. The summed E-state index contributed by atoms with van der Waals surface area (Å²) in [5.41, 5.74) is -0.0324. The molecule has 0 radical (unpaired) electrons. The van der Waals surface area contributed by atoms with Crippen LogP contribution in [0.3, 0.4) is 0 Å². The fraction of sp³-hybridized carbons (Fsp3) is 0.706. The van der Waals surface area contributed by atoms with Crippen LogP contribution in [0.25, 0.3) is 0 Å². The van der Waals surface area contributed by atoms with Crippen LogP contribution in [0.2, 0.25) is 0 Å². The highest BCUT2D eigenvalue weighted by atomic mass is 16.5. The lowest BCUT2D eigenvalue weighted by atomic mass is 9.88. The van der Waals surface area contributed by atoms with E-state index in [0.717, 1.165) is 6.42 Å². The van der Waals surface area contributed by atoms with Crippen molar-refractivity contribution in [2.75, 3.05) is 26.9 Å². The van der Waals surface area contributed by atoms with Gasteiger partial charge < -0.3 is 14.8 Å². The minimum Gasteiger partial charge on any atom is -0.383 e. The van der Waals surface area contributed by atoms with Crippen LogP contribution in [0.15, 0.2) is 16.9 Å². The highest BCUT2D eigenvalue weighted by Gasteiger charge is 2.21. The van der Waals surface area contributed by atoms with E-state index in [9.17, 15) is 9.59 Å². The van der Waals surface area contributed by atoms with Gasteiger partial charge in [-0.2, -0.15) is 5.10 Å². The molecule has 134 valence electrons. The molecule has 1 fully saturated rings. The van der Waals surface area contributed by atoms with Crippen molar-refractivity contribution < 1.29 is 14.3 Å². The van der Waals surface area contributed by atoms with Crippen molar-refractivity contribution in [1.82, 2.24) is 15.1 Å². The van der Waals surface area contributed by atoms with E-state index in [-0.39, 0.29) is 17.2 Å². The van der Waals surface area contributed by atoms with Crippen LogP contribution in [-0.4, -0.2) is 48.7 Å². The summed E-state index contributed by atoms with van der Waals surface area (Å²) in [6.45, 7) is 3.82. The first-order valence-electron chi connectivity index (χ1n) is 8.58. The maximum atomic E-state index is 12.1. The Bertz CT molecular complexity index is 587. The van der Waals surface area contributed by atoms with Crippen LogP contribution < -0.4 is 10.9 Å². The standard InChI is InChI=1S/C17H27N3O4/c1-13-5-3-4-6-15(13)24-11-9-18-17(22)14-7-8-16(21)20(19-14)10-12-23-2/h7-8,13,15H,3-6,9-12H2,1-2H3,(H,18,22)/t13-,15+/m0/s1. The van der Waals surface area contributed by atoms with Crippen LogP contribution in [0.5, 0.6) is 0 Å². The van der Waals surface area contributed by atoms with Gasteiger partial charge >= 0.3 is 0 Å². The summed E-state index contributed by atoms with van der Waals surface area (Å²) < 4.78 is 12.0. The van der Waals surface area contributed by atoms with Crippen LogP contribution in [0.1, 0.15) is 43.1 Å². The summed E-state index contributed by atoms with van der Waals surface area (Å²) in [6, 6.07) is 2.78. The number of carbonyl (C=O) groups is 1. The number of aromatic nitrogens is 2. The average Bonchev–Trinajstić information content (AvgIpc) is 2.59. The zero-order valence-electron chi connectivity index (χ0n) is 14.5. The lowest BCUT2D eigenvalue weighted by molar-refractivity contribution is -0.00295. The van der Waals surface area contributed by atoms with Crippen molar-refractivity contribution in [1.29, 1.82) is 0 Å². The molecule has 1 heterocycles. The zero-order valence-corrected chi connectivity index (χ0v) is 14.5. The van der Waals surface area contributed by atoms with Gasteiger partial charge in [0.1, 0.15) is 5.69 Å². The predicted molar refractivity (Wildman–Crippen MR) is 90.1 cm³/mol. The number of methoxy groups -OCH3 is 1. The maximum Gasteiger partial charge on any atom is 0.271 e. The van der Waals surface area contributed by atoms with Crippen LogP contribution in [0.4, 0.5) is 0 Å². The molecule has 1 aromatic rings. The molecule has 0 aromatic carbocycles. The zero-order chi connectivity index (χ0) is 17.4. The third-order valence-electron chi connectivity index (χ3n) is 4.36. The molecule has 1 aromatic heterocycles. The summed E-state index contributed by atoms with van der Waals surface area (Å²) in [5, 5.41) is 6.84. The highest BCUT2D eigenvalue weighted by molar-refractivity contribution is 5.91. The number of hydrogen-bond acceptors (Lipinski definition) is 5. The second-order valence-electron chi connectivity index (χ2n) is 6.20. The Morgan fingerprint density at radius 3 is 2.88 bits per heavy atom. The van der Waals surface area contributed by atoms with Crippen molar-refractivity contribution in [2.45, 2.75) is 45.3 Å². The molecule has 0 aliphatic heterocycles. The van der Waals surface area contributed by atoms with Gasteiger partial charge in [-0.15, -0.1) is 0 Å². The molecule has 0 bridgehead atoms. The van der Waals surface area contributed by atoms with Gasteiger partial charge in [-0.05, 0) is 24.8 Å². The van der Waals surface area contributed by atoms with Gasteiger partial charge in [-0.25, -0.2) is 4.68 Å². The fourth-order valence-electron chi connectivity index (χ4n) is 2.90. The van der Waals surface area contributed by atoms with Gasteiger partial charge in [0.25, 0.3) is 11.5 Å². The molecule has 1 N–H and O–H groups in total. The number of hydrogen-bond donors (Lipinski definition) is 1. The molecule has 7 nitrogen and oxygen atoms in total.